The molecule has 2 fully saturated rings. The molecular weight excluding hydrogens is 312 g/mol. The van der Waals surface area contributed by atoms with Crippen LogP contribution in [0.5, 0.6) is 0 Å². The van der Waals surface area contributed by atoms with Crippen molar-refractivity contribution in [2.45, 2.75) is 69.9 Å². The maximum Gasteiger partial charge on any atom is 0.303 e. The van der Waals surface area contributed by atoms with Crippen LogP contribution < -0.4 is 10.6 Å². The zero-order chi connectivity index (χ0) is 17.5. The molecule has 1 heterocycles. The van der Waals surface area contributed by atoms with Crippen molar-refractivity contribution < 1.29 is 9.90 Å². The summed E-state index contributed by atoms with van der Waals surface area (Å²) in [6, 6.07) is 9.78. The van der Waals surface area contributed by atoms with E-state index in [1.807, 2.05) is 0 Å². The Bertz CT molecular complexity index is 529. The van der Waals surface area contributed by atoms with Gasteiger partial charge in [-0.1, -0.05) is 24.3 Å². The molecule has 2 aliphatic rings. The predicted molar refractivity (Wildman–Crippen MR) is 101 cm³/mol. The molecular formula is C21H32N2O2. The lowest BCUT2D eigenvalue weighted by Crippen LogP contribution is -2.32. The van der Waals surface area contributed by atoms with Crippen LogP contribution in [0.3, 0.4) is 0 Å². The second-order valence-electron chi connectivity index (χ2n) is 7.80. The molecule has 3 N–H and O–H groups in total. The summed E-state index contributed by atoms with van der Waals surface area (Å²) in [7, 11) is 0. The van der Waals surface area contributed by atoms with E-state index in [-0.39, 0.29) is 0 Å². The Hall–Kier alpha value is -1.39. The number of nitrogens with one attached hydrogen (secondary N) is 2. The summed E-state index contributed by atoms with van der Waals surface area (Å²) in [6.07, 6.45) is 8.37. The molecule has 1 saturated carbocycles. The fourth-order valence-corrected chi connectivity index (χ4v) is 4.31. The van der Waals surface area contributed by atoms with Crippen molar-refractivity contribution in [3.8, 4) is 0 Å². The Labute approximate surface area is 151 Å². The van der Waals surface area contributed by atoms with Gasteiger partial charge in [0.1, 0.15) is 0 Å². The summed E-state index contributed by atoms with van der Waals surface area (Å²) < 4.78 is 0. The quantitative estimate of drug-likeness (QED) is 0.706. The van der Waals surface area contributed by atoms with Crippen molar-refractivity contribution in [1.82, 2.24) is 10.6 Å². The van der Waals surface area contributed by atoms with E-state index in [2.05, 4.69) is 34.9 Å². The first-order valence-corrected chi connectivity index (χ1v) is 9.95. The molecule has 0 radical (unpaired) electrons. The molecule has 1 aliphatic heterocycles. The topological polar surface area (TPSA) is 61.4 Å². The molecule has 1 aromatic rings. The lowest BCUT2D eigenvalue weighted by Gasteiger charge is -2.29. The first-order valence-electron chi connectivity index (χ1n) is 9.95. The number of aliphatic carboxylic acids is 1. The van der Waals surface area contributed by atoms with Crippen LogP contribution in [0, 0.1) is 5.92 Å². The van der Waals surface area contributed by atoms with Crippen LogP contribution in [0.4, 0.5) is 0 Å². The van der Waals surface area contributed by atoms with Gasteiger partial charge in [0.25, 0.3) is 0 Å². The molecule has 25 heavy (non-hydrogen) atoms. The van der Waals surface area contributed by atoms with Gasteiger partial charge in [0.2, 0.25) is 0 Å². The lowest BCUT2D eigenvalue weighted by molar-refractivity contribution is -0.137. The van der Waals surface area contributed by atoms with Crippen molar-refractivity contribution in [2.24, 2.45) is 5.92 Å². The molecule has 0 spiro atoms. The Morgan fingerprint density at radius 3 is 2.36 bits per heavy atom. The molecule has 1 aromatic carbocycles. The smallest absolute Gasteiger partial charge is 0.303 e. The maximum absolute atomic E-state index is 10.7. The van der Waals surface area contributed by atoms with Crippen molar-refractivity contribution in [3.05, 3.63) is 35.4 Å². The van der Waals surface area contributed by atoms with E-state index in [1.54, 1.807) is 0 Å². The molecule has 138 valence electrons. The average Bonchev–Trinajstić information content (AvgIpc) is 2.66. The van der Waals surface area contributed by atoms with Crippen LogP contribution in [-0.4, -0.2) is 30.2 Å². The van der Waals surface area contributed by atoms with Crippen molar-refractivity contribution in [2.75, 3.05) is 13.1 Å². The van der Waals surface area contributed by atoms with E-state index in [1.165, 1.54) is 49.7 Å². The first kappa shape index (κ1) is 18.4. The second kappa shape index (κ2) is 9.35. The summed E-state index contributed by atoms with van der Waals surface area (Å²) in [5.74, 6) is 0.677. The number of carboxylic acids is 1. The number of benzene rings is 1. The third-order valence-corrected chi connectivity index (χ3v) is 6.00. The van der Waals surface area contributed by atoms with Gasteiger partial charge in [-0.25, -0.2) is 0 Å². The van der Waals surface area contributed by atoms with Gasteiger partial charge < -0.3 is 15.7 Å². The van der Waals surface area contributed by atoms with Gasteiger partial charge in [-0.2, -0.15) is 0 Å². The van der Waals surface area contributed by atoms with Crippen molar-refractivity contribution in [3.63, 3.8) is 0 Å². The highest BCUT2D eigenvalue weighted by Gasteiger charge is 2.21. The number of hydrogen-bond acceptors (Lipinski definition) is 3. The summed E-state index contributed by atoms with van der Waals surface area (Å²) in [5.41, 5.74) is 2.86. The van der Waals surface area contributed by atoms with E-state index in [0.717, 1.165) is 32.0 Å². The summed E-state index contributed by atoms with van der Waals surface area (Å²) in [4.78, 5) is 10.7. The Morgan fingerprint density at radius 2 is 1.72 bits per heavy atom. The van der Waals surface area contributed by atoms with Crippen LogP contribution in [0.2, 0.25) is 0 Å². The molecule has 4 nitrogen and oxygen atoms in total. The number of hydrogen-bond donors (Lipinski definition) is 3. The van der Waals surface area contributed by atoms with E-state index >= 15 is 0 Å². The van der Waals surface area contributed by atoms with E-state index in [9.17, 15) is 4.79 Å². The fourth-order valence-electron chi connectivity index (χ4n) is 4.31. The predicted octanol–water partition coefficient (Wildman–Crippen LogP) is 3.67. The molecule has 0 bridgehead atoms. The molecule has 3 rings (SSSR count). The van der Waals surface area contributed by atoms with Crippen LogP contribution >= 0.6 is 0 Å². The van der Waals surface area contributed by atoms with Crippen LogP contribution in [0.15, 0.2) is 24.3 Å². The van der Waals surface area contributed by atoms with E-state index in [4.69, 9.17) is 5.11 Å². The number of rotatable bonds is 7. The van der Waals surface area contributed by atoms with Crippen LogP contribution in [-0.2, 0) is 11.3 Å². The van der Waals surface area contributed by atoms with E-state index < -0.39 is 5.97 Å². The van der Waals surface area contributed by atoms with Gasteiger partial charge in [-0.15, -0.1) is 0 Å². The minimum atomic E-state index is -0.659. The number of carboxylic acid groups (broad SMARTS) is 1. The minimum Gasteiger partial charge on any atom is -0.481 e. The highest BCUT2D eigenvalue weighted by molar-refractivity contribution is 5.66. The highest BCUT2D eigenvalue weighted by atomic mass is 16.4. The van der Waals surface area contributed by atoms with Gasteiger partial charge >= 0.3 is 5.97 Å². The van der Waals surface area contributed by atoms with Crippen molar-refractivity contribution >= 4 is 5.97 Å². The minimum absolute atomic E-state index is 0.326. The molecule has 1 aliphatic carbocycles. The average molecular weight is 344 g/mol. The Morgan fingerprint density at radius 1 is 1.04 bits per heavy atom. The molecule has 1 saturated heterocycles. The highest BCUT2D eigenvalue weighted by Crippen LogP contribution is 2.28. The summed E-state index contributed by atoms with van der Waals surface area (Å²) in [6.45, 7) is 3.23. The molecule has 0 aromatic heterocycles. The normalized spacial score (nSPS) is 25.0. The zero-order valence-electron chi connectivity index (χ0n) is 15.2. The molecule has 0 unspecified atom stereocenters. The summed E-state index contributed by atoms with van der Waals surface area (Å²) in [5, 5.41) is 15.9. The fraction of sp³-hybridized carbons (Fsp3) is 0.667. The van der Waals surface area contributed by atoms with Crippen molar-refractivity contribution in [1.29, 1.82) is 0 Å². The molecule has 0 amide bonds. The molecule has 0 atom stereocenters. The van der Waals surface area contributed by atoms with Gasteiger partial charge in [0, 0.05) is 19.0 Å². The monoisotopic (exact) mass is 344 g/mol. The standard InChI is InChI=1S/C21H32N2O2/c24-21(25)10-5-16-3-8-20(9-4-16)23-15-17-1-6-18(7-2-17)19-11-13-22-14-12-19/h1-2,6-7,16,19-20,22-23H,3-5,8-15H2,(H,24,25). The van der Waals surface area contributed by atoms with E-state index in [0.29, 0.717) is 18.4 Å². The van der Waals surface area contributed by atoms with Gasteiger partial charge in [-0.3, -0.25) is 4.79 Å². The Kier molecular flexibility index (Phi) is 6.88. The third kappa shape index (κ3) is 5.82. The van der Waals surface area contributed by atoms with Gasteiger partial charge in [-0.05, 0) is 81.0 Å². The first-order chi connectivity index (χ1) is 12.2. The van der Waals surface area contributed by atoms with Gasteiger partial charge in [0.15, 0.2) is 0 Å². The lowest BCUT2D eigenvalue weighted by atomic mass is 9.83. The number of carbonyl (C=O) groups is 1. The zero-order valence-corrected chi connectivity index (χ0v) is 15.2. The van der Waals surface area contributed by atoms with Gasteiger partial charge in [0.05, 0.1) is 0 Å². The maximum atomic E-state index is 10.7. The largest absolute Gasteiger partial charge is 0.481 e. The van der Waals surface area contributed by atoms with Crippen LogP contribution in [0.25, 0.3) is 0 Å². The third-order valence-electron chi connectivity index (χ3n) is 6.00. The summed E-state index contributed by atoms with van der Waals surface area (Å²) >= 11 is 0. The second-order valence-corrected chi connectivity index (χ2v) is 7.80. The molecule has 4 heteroatoms. The Balaban J connectivity index is 1.38. The van der Waals surface area contributed by atoms with Crippen LogP contribution in [0.1, 0.15) is 68.4 Å². The SMILES string of the molecule is O=C(O)CCC1CCC(NCc2ccc(C3CCNCC3)cc2)CC1. The number of piperidine rings is 1.